The highest BCUT2D eigenvalue weighted by molar-refractivity contribution is 6.00. The summed E-state index contributed by atoms with van der Waals surface area (Å²) in [5.74, 6) is -0.0275. The monoisotopic (exact) mass is 432 g/mol. The molecule has 30 heavy (non-hydrogen) atoms. The molecule has 2 aromatic rings. The first-order chi connectivity index (χ1) is 13.8. The van der Waals surface area contributed by atoms with Gasteiger partial charge < -0.3 is 33.3 Å². The van der Waals surface area contributed by atoms with Crippen LogP contribution in [-0.4, -0.2) is 34.5 Å². The number of carbonyl (C=O) groups is 2. The van der Waals surface area contributed by atoms with Crippen LogP contribution in [0.2, 0.25) is 0 Å². The molecular weight excluding hydrogens is 404 g/mol. The van der Waals surface area contributed by atoms with Crippen molar-refractivity contribution in [3.63, 3.8) is 0 Å². The number of nitrogens with one attached hydrogen (secondary N) is 1. The number of anilines is 1. The zero-order valence-corrected chi connectivity index (χ0v) is 18.2. The highest BCUT2D eigenvalue weighted by Crippen LogP contribution is 2.18. The number of halogens is 1. The summed E-state index contributed by atoms with van der Waals surface area (Å²) in [6, 6.07) is 13.2. The van der Waals surface area contributed by atoms with Crippen LogP contribution >= 0.6 is 0 Å². The van der Waals surface area contributed by atoms with E-state index < -0.39 is 6.10 Å². The maximum absolute atomic E-state index is 12.4. The number of hydrogen-bond donors (Lipinski definition) is 4. The second-order valence-corrected chi connectivity index (χ2v) is 7.38. The fourth-order valence-electron chi connectivity index (χ4n) is 2.91. The number of ketones is 1. The second-order valence-electron chi connectivity index (χ2n) is 7.38. The molecule has 7 heteroatoms. The van der Waals surface area contributed by atoms with Gasteiger partial charge in [0.2, 0.25) is 5.91 Å². The van der Waals surface area contributed by atoms with Gasteiger partial charge in [0, 0.05) is 17.3 Å². The Balaban J connectivity index is 0.00000450. The Morgan fingerprint density at radius 3 is 2.23 bits per heavy atom. The van der Waals surface area contributed by atoms with E-state index in [0.29, 0.717) is 24.2 Å². The fraction of sp³-hybridized carbons (Fsp3) is 0.304. The predicted octanol–water partition coefficient (Wildman–Crippen LogP) is -0.441. The quantitative estimate of drug-likeness (QED) is 0.318. The van der Waals surface area contributed by atoms with Gasteiger partial charge in [-0.2, -0.15) is 0 Å². The van der Waals surface area contributed by atoms with Crippen LogP contribution < -0.4 is 23.0 Å². The van der Waals surface area contributed by atoms with Gasteiger partial charge >= 0.3 is 0 Å². The molecule has 0 heterocycles. The van der Waals surface area contributed by atoms with Crippen molar-refractivity contribution in [3.05, 3.63) is 71.3 Å². The summed E-state index contributed by atoms with van der Waals surface area (Å²) in [6.07, 6.45) is 1.17. The van der Waals surface area contributed by atoms with Gasteiger partial charge in [-0.3, -0.25) is 9.59 Å². The topological polar surface area (TPSA) is 103 Å². The molecule has 5 N–H and O–H groups in total. The maximum atomic E-state index is 12.4. The number of aliphatic hydroxyl groups excluding tert-OH is 1. The van der Waals surface area contributed by atoms with Crippen LogP contribution in [0.5, 0.6) is 5.75 Å². The van der Waals surface area contributed by atoms with Gasteiger partial charge in [0.1, 0.15) is 17.9 Å². The highest BCUT2D eigenvalue weighted by Gasteiger charge is 2.19. The lowest BCUT2D eigenvalue weighted by Gasteiger charge is -2.17. The molecule has 0 aliphatic rings. The smallest absolute Gasteiger partial charge is 0.248 e. The minimum Gasteiger partial charge on any atom is -1.00 e. The van der Waals surface area contributed by atoms with Crippen molar-refractivity contribution in [1.29, 1.82) is 0 Å². The summed E-state index contributed by atoms with van der Waals surface area (Å²) in [5.41, 5.74) is 2.87. The van der Waals surface area contributed by atoms with Crippen LogP contribution in [-0.2, 0) is 4.79 Å². The lowest BCUT2D eigenvalue weighted by molar-refractivity contribution is -0.693. The van der Waals surface area contributed by atoms with Crippen LogP contribution in [0.15, 0.2) is 60.2 Å². The van der Waals surface area contributed by atoms with Crippen molar-refractivity contribution in [2.24, 2.45) is 0 Å². The number of phenols is 1. The summed E-state index contributed by atoms with van der Waals surface area (Å²) >= 11 is 0. The van der Waals surface area contributed by atoms with Gasteiger partial charge in [-0.1, -0.05) is 17.7 Å². The zero-order valence-electron chi connectivity index (χ0n) is 17.4. The molecule has 0 radical (unpaired) electrons. The van der Waals surface area contributed by atoms with Crippen molar-refractivity contribution >= 4 is 17.4 Å². The lowest BCUT2D eigenvalue weighted by atomic mass is 10.0. The average molecular weight is 433 g/mol. The summed E-state index contributed by atoms with van der Waals surface area (Å²) in [5, 5.41) is 24.4. The molecule has 162 valence electrons. The van der Waals surface area contributed by atoms with Gasteiger partial charge in [0.15, 0.2) is 5.78 Å². The number of allylic oxidation sites excluding steroid dienone is 1. The number of amides is 1. The van der Waals surface area contributed by atoms with E-state index in [9.17, 15) is 19.8 Å². The number of carbonyl (C=O) groups excluding carboxylic acids is 2. The van der Waals surface area contributed by atoms with Crippen LogP contribution in [0.1, 0.15) is 49.2 Å². The number of rotatable bonds is 9. The summed E-state index contributed by atoms with van der Waals surface area (Å²) < 4.78 is 0. The zero-order chi connectivity index (χ0) is 21.4. The van der Waals surface area contributed by atoms with E-state index in [1.165, 1.54) is 6.08 Å². The van der Waals surface area contributed by atoms with E-state index in [4.69, 9.17) is 0 Å². The van der Waals surface area contributed by atoms with Crippen molar-refractivity contribution in [3.8, 4) is 5.75 Å². The molecule has 0 saturated heterocycles. The van der Waals surface area contributed by atoms with E-state index in [0.717, 1.165) is 11.1 Å². The minimum absolute atomic E-state index is 0. The van der Waals surface area contributed by atoms with Crippen LogP contribution in [0.25, 0.3) is 0 Å². The SMILES string of the molecule is CC(C)=CC(=O)Nc1ccc(C(=O)CC[NH2+]C(C)C(O)c2ccc(O)cc2)cc1.[Cl-]. The predicted molar refractivity (Wildman–Crippen MR) is 113 cm³/mol. The van der Waals surface area contributed by atoms with E-state index >= 15 is 0 Å². The average Bonchev–Trinajstić information content (AvgIpc) is 2.67. The first kappa shape index (κ1) is 25.4. The Labute approximate surface area is 183 Å². The Bertz CT molecular complexity index is 860. The van der Waals surface area contributed by atoms with Crippen LogP contribution in [0, 0.1) is 0 Å². The van der Waals surface area contributed by atoms with E-state index in [-0.39, 0.29) is 35.9 Å². The summed E-state index contributed by atoms with van der Waals surface area (Å²) in [4.78, 5) is 24.1. The summed E-state index contributed by atoms with van der Waals surface area (Å²) in [6.45, 7) is 6.14. The third-order valence-electron chi connectivity index (χ3n) is 4.54. The highest BCUT2D eigenvalue weighted by atomic mass is 35.5. The molecule has 0 aliphatic carbocycles. The van der Waals surface area contributed by atoms with Crippen LogP contribution in [0.4, 0.5) is 5.69 Å². The molecule has 2 rings (SSSR count). The molecule has 0 bridgehead atoms. The number of aliphatic hydroxyl groups is 1. The molecule has 0 spiro atoms. The Morgan fingerprint density at radius 2 is 1.67 bits per heavy atom. The number of hydrogen-bond acceptors (Lipinski definition) is 4. The maximum Gasteiger partial charge on any atom is 0.248 e. The Morgan fingerprint density at radius 1 is 1.07 bits per heavy atom. The van der Waals surface area contributed by atoms with Gasteiger partial charge in [0.25, 0.3) is 0 Å². The molecule has 2 atom stereocenters. The van der Waals surface area contributed by atoms with Crippen molar-refractivity contribution < 1.29 is 37.5 Å². The largest absolute Gasteiger partial charge is 1.00 e. The van der Waals surface area contributed by atoms with Crippen molar-refractivity contribution in [2.75, 3.05) is 11.9 Å². The molecule has 0 aliphatic heterocycles. The van der Waals surface area contributed by atoms with E-state index in [1.54, 1.807) is 48.5 Å². The van der Waals surface area contributed by atoms with E-state index in [1.807, 2.05) is 26.1 Å². The lowest BCUT2D eigenvalue weighted by Crippen LogP contribution is -3.00. The number of aromatic hydroxyl groups is 1. The molecule has 2 aromatic carbocycles. The molecular formula is C23H29ClN2O4. The second kappa shape index (κ2) is 12.1. The van der Waals surface area contributed by atoms with Gasteiger partial charge in [-0.05, 0) is 62.7 Å². The first-order valence-electron chi connectivity index (χ1n) is 9.65. The van der Waals surface area contributed by atoms with E-state index in [2.05, 4.69) is 5.32 Å². The third-order valence-corrected chi connectivity index (χ3v) is 4.54. The minimum atomic E-state index is -0.686. The van der Waals surface area contributed by atoms with Crippen LogP contribution in [0.3, 0.4) is 0 Å². The number of benzene rings is 2. The standard InChI is InChI=1S/C23H28N2O4.ClH/c1-15(2)14-22(28)25-19-8-4-17(5-9-19)21(27)12-13-24-16(3)23(29)18-6-10-20(26)11-7-18;/h4-11,14,16,23-24,26,29H,12-13H2,1-3H3,(H,25,28);1H. The van der Waals surface area contributed by atoms with Gasteiger partial charge in [-0.15, -0.1) is 0 Å². The molecule has 2 unspecified atom stereocenters. The van der Waals surface area contributed by atoms with Crippen molar-refractivity contribution in [1.82, 2.24) is 0 Å². The fourth-order valence-corrected chi connectivity index (χ4v) is 2.91. The van der Waals surface area contributed by atoms with Gasteiger partial charge in [-0.25, -0.2) is 0 Å². The molecule has 1 amide bonds. The van der Waals surface area contributed by atoms with Crippen molar-refractivity contribution in [2.45, 2.75) is 39.3 Å². The molecule has 0 saturated carbocycles. The number of quaternary nitrogens is 1. The molecule has 0 fully saturated rings. The molecule has 6 nitrogen and oxygen atoms in total. The number of nitrogens with two attached hydrogens (primary N) is 1. The normalized spacial score (nSPS) is 12.3. The Kier molecular flexibility index (Phi) is 10.3. The first-order valence-corrected chi connectivity index (χ1v) is 9.65. The Hall–Kier alpha value is -2.67. The van der Waals surface area contributed by atoms with Gasteiger partial charge in [0.05, 0.1) is 13.0 Å². The molecule has 0 aromatic heterocycles. The number of Topliss-reactive ketones (excluding diaryl/α,β-unsaturated/α-hetero) is 1. The number of phenolic OH excluding ortho intramolecular Hbond substituents is 1. The third kappa shape index (κ3) is 7.99. The summed E-state index contributed by atoms with van der Waals surface area (Å²) in [7, 11) is 0.